The van der Waals surface area contributed by atoms with Crippen LogP contribution in [0.2, 0.25) is 0 Å². The number of fused-ring (bicyclic) bond motifs is 3. The first-order valence-corrected chi connectivity index (χ1v) is 12.3. The Morgan fingerprint density at radius 3 is 2.67 bits per heavy atom. The second-order valence-electron chi connectivity index (χ2n) is 9.45. The first-order valence-electron chi connectivity index (χ1n) is 12.3. The third-order valence-electron chi connectivity index (χ3n) is 7.63. The Balaban J connectivity index is 0.000000281. The quantitative estimate of drug-likeness (QED) is 0.489. The standard InChI is InChI=1S/C21H24N2O2.C6H12O2/c1-3-21-10-6-11-22-12-9-15-14-7-4-5-8-16(14)23(18(15)19(21)22)17(13-21)20(24)25-2;1-2-3-4-5-6(7)8/h4-5,7-8,13,19H,3,6,9-12H2,1-2H3;2-5H2,1H3,(H,7,8)/p-1/t19-,21+;/m1./s1. The first kappa shape index (κ1) is 23.6. The lowest BCUT2D eigenvalue weighted by Crippen LogP contribution is -2.51. The summed E-state index contributed by atoms with van der Waals surface area (Å²) in [4.78, 5) is 25.1. The Bertz CT molecular complexity index is 1070. The van der Waals surface area contributed by atoms with Gasteiger partial charge in [-0.15, -0.1) is 0 Å². The van der Waals surface area contributed by atoms with Gasteiger partial charge in [-0.05, 0) is 62.8 Å². The number of nitrogens with zero attached hydrogens (tertiary/aromatic N) is 2. The van der Waals surface area contributed by atoms with E-state index in [1.165, 1.54) is 30.2 Å². The minimum atomic E-state index is -0.932. The molecular weight excluding hydrogens is 416 g/mol. The number of aromatic nitrogens is 1. The molecule has 6 heteroatoms. The molecule has 0 amide bonds. The highest BCUT2D eigenvalue weighted by atomic mass is 16.5. The van der Waals surface area contributed by atoms with Gasteiger partial charge in [-0.1, -0.05) is 44.9 Å². The van der Waals surface area contributed by atoms with E-state index in [9.17, 15) is 14.7 Å². The Kier molecular flexibility index (Phi) is 6.94. The van der Waals surface area contributed by atoms with Gasteiger partial charge >= 0.3 is 5.97 Å². The molecule has 0 unspecified atom stereocenters. The normalized spacial score (nSPS) is 23.2. The lowest BCUT2D eigenvalue weighted by atomic mass is 9.66. The van der Waals surface area contributed by atoms with Crippen LogP contribution in [0.5, 0.6) is 0 Å². The van der Waals surface area contributed by atoms with Gasteiger partial charge < -0.3 is 19.2 Å². The van der Waals surface area contributed by atoms with Crippen LogP contribution in [0.1, 0.15) is 76.1 Å². The van der Waals surface area contributed by atoms with Crippen molar-refractivity contribution in [1.29, 1.82) is 0 Å². The minimum Gasteiger partial charge on any atom is -0.550 e. The molecule has 1 aromatic heterocycles. The molecule has 1 saturated heterocycles. The summed E-state index contributed by atoms with van der Waals surface area (Å²) in [5, 5.41) is 11.1. The average molecular weight is 452 g/mol. The van der Waals surface area contributed by atoms with Crippen LogP contribution in [0.4, 0.5) is 0 Å². The van der Waals surface area contributed by atoms with Crippen LogP contribution in [0.25, 0.3) is 16.6 Å². The van der Waals surface area contributed by atoms with Gasteiger partial charge in [-0.3, -0.25) is 4.90 Å². The number of carbonyl (C=O) groups excluding carboxylic acids is 2. The molecule has 5 rings (SSSR count). The van der Waals surface area contributed by atoms with Crippen LogP contribution in [0.3, 0.4) is 0 Å². The van der Waals surface area contributed by atoms with Crippen LogP contribution in [0, 0.1) is 5.41 Å². The predicted octanol–water partition coefficient (Wildman–Crippen LogP) is 4.07. The summed E-state index contributed by atoms with van der Waals surface area (Å²) >= 11 is 0. The Morgan fingerprint density at radius 2 is 1.97 bits per heavy atom. The van der Waals surface area contributed by atoms with E-state index in [1.807, 2.05) is 6.92 Å². The lowest BCUT2D eigenvalue weighted by Gasteiger charge is -2.53. The first-order chi connectivity index (χ1) is 16.0. The van der Waals surface area contributed by atoms with E-state index >= 15 is 0 Å². The number of methoxy groups -OCH3 is 1. The van der Waals surface area contributed by atoms with Gasteiger partial charge in [0.15, 0.2) is 0 Å². The highest BCUT2D eigenvalue weighted by Gasteiger charge is 2.51. The number of carbonyl (C=O) groups is 2. The zero-order valence-corrected chi connectivity index (χ0v) is 20.1. The number of aliphatic carboxylic acids is 1. The Morgan fingerprint density at radius 1 is 1.18 bits per heavy atom. The fraction of sp³-hybridized carbons (Fsp3) is 0.556. The Hall–Kier alpha value is -2.60. The average Bonchev–Trinajstić information content (AvgIpc) is 3.18. The highest BCUT2D eigenvalue weighted by Crippen LogP contribution is 2.57. The molecule has 0 spiro atoms. The monoisotopic (exact) mass is 451 g/mol. The van der Waals surface area contributed by atoms with Crippen molar-refractivity contribution < 1.29 is 19.4 Å². The number of hydrogen-bond acceptors (Lipinski definition) is 5. The van der Waals surface area contributed by atoms with Crippen LogP contribution in [-0.2, 0) is 20.7 Å². The summed E-state index contributed by atoms with van der Waals surface area (Å²) < 4.78 is 7.38. The highest BCUT2D eigenvalue weighted by molar-refractivity contribution is 6.13. The van der Waals surface area contributed by atoms with E-state index in [-0.39, 0.29) is 17.8 Å². The molecule has 178 valence electrons. The third kappa shape index (κ3) is 4.10. The summed E-state index contributed by atoms with van der Waals surface area (Å²) in [6.45, 7) is 6.58. The number of hydrogen-bond donors (Lipinski definition) is 0. The number of esters is 1. The summed E-state index contributed by atoms with van der Waals surface area (Å²) in [6.07, 6.45) is 9.73. The summed E-state index contributed by atoms with van der Waals surface area (Å²) in [6, 6.07) is 8.89. The van der Waals surface area contributed by atoms with Crippen molar-refractivity contribution in [3.63, 3.8) is 0 Å². The van der Waals surface area contributed by atoms with Gasteiger partial charge in [0.1, 0.15) is 5.70 Å². The molecule has 2 aromatic rings. The molecule has 0 N–H and O–H groups in total. The molecule has 3 aliphatic rings. The maximum absolute atomic E-state index is 12.7. The number of benzene rings is 1. The zero-order chi connectivity index (χ0) is 23.6. The number of piperidine rings is 1. The molecule has 1 aromatic carbocycles. The van der Waals surface area contributed by atoms with Crippen LogP contribution < -0.4 is 5.11 Å². The van der Waals surface area contributed by atoms with Gasteiger partial charge in [0.2, 0.25) is 0 Å². The van der Waals surface area contributed by atoms with E-state index < -0.39 is 5.97 Å². The number of para-hydroxylation sites is 1. The maximum atomic E-state index is 12.7. The molecule has 4 heterocycles. The Labute approximate surface area is 196 Å². The van der Waals surface area contributed by atoms with Crippen molar-refractivity contribution >= 4 is 28.5 Å². The van der Waals surface area contributed by atoms with E-state index in [0.29, 0.717) is 11.7 Å². The predicted molar refractivity (Wildman–Crippen MR) is 127 cm³/mol. The molecule has 1 fully saturated rings. The molecule has 3 aliphatic heterocycles. The van der Waals surface area contributed by atoms with Gasteiger partial charge in [-0.25, -0.2) is 4.79 Å². The topological polar surface area (TPSA) is 74.6 Å². The van der Waals surface area contributed by atoms with Gasteiger partial charge in [0.25, 0.3) is 0 Å². The van der Waals surface area contributed by atoms with Crippen LogP contribution in [-0.4, -0.2) is 41.6 Å². The van der Waals surface area contributed by atoms with Crippen LogP contribution in [0.15, 0.2) is 30.3 Å². The second kappa shape index (κ2) is 9.72. The van der Waals surface area contributed by atoms with Crippen molar-refractivity contribution in [1.82, 2.24) is 9.47 Å². The van der Waals surface area contributed by atoms with E-state index in [0.717, 1.165) is 57.1 Å². The second-order valence-corrected chi connectivity index (χ2v) is 9.45. The number of unbranched alkanes of at least 4 members (excludes halogenated alkanes) is 2. The van der Waals surface area contributed by atoms with Crippen molar-refractivity contribution in [2.45, 2.75) is 71.3 Å². The lowest BCUT2D eigenvalue weighted by molar-refractivity contribution is -0.305. The SMILES string of the molecule is CCCCCC(=O)[O-].CC[C@@]12C=C(C(=O)OC)n3c4c(c5ccccc53)CCN(CCC1)[C@H]42. The molecule has 6 nitrogen and oxygen atoms in total. The summed E-state index contributed by atoms with van der Waals surface area (Å²) in [5.41, 5.74) is 4.67. The van der Waals surface area contributed by atoms with E-state index in [1.54, 1.807) is 0 Å². The van der Waals surface area contributed by atoms with Crippen molar-refractivity contribution in [2.75, 3.05) is 20.2 Å². The largest absolute Gasteiger partial charge is 0.550 e. The van der Waals surface area contributed by atoms with Crippen molar-refractivity contribution in [2.24, 2.45) is 5.41 Å². The molecule has 0 saturated carbocycles. The smallest absolute Gasteiger partial charge is 0.354 e. The van der Waals surface area contributed by atoms with Crippen molar-refractivity contribution in [3.8, 4) is 0 Å². The fourth-order valence-electron chi connectivity index (χ4n) is 6.05. The minimum absolute atomic E-state index is 0.0430. The van der Waals surface area contributed by atoms with Gasteiger partial charge in [0.05, 0.1) is 18.7 Å². The maximum Gasteiger partial charge on any atom is 0.354 e. The summed E-state index contributed by atoms with van der Waals surface area (Å²) in [5.74, 6) is -1.16. The molecule has 0 bridgehead atoms. The molecule has 2 atom stereocenters. The number of rotatable bonds is 6. The summed E-state index contributed by atoms with van der Waals surface area (Å²) in [7, 11) is 1.49. The number of ether oxygens (including phenoxy) is 1. The van der Waals surface area contributed by atoms with Crippen molar-refractivity contribution in [3.05, 3.63) is 41.6 Å². The number of carboxylic acids is 1. The number of carboxylic acid groups (broad SMARTS) is 1. The van der Waals surface area contributed by atoms with E-state index in [2.05, 4.69) is 46.7 Å². The van der Waals surface area contributed by atoms with E-state index in [4.69, 9.17) is 4.74 Å². The molecule has 0 aliphatic carbocycles. The van der Waals surface area contributed by atoms with Gasteiger partial charge in [0, 0.05) is 29.0 Å². The molecule has 0 radical (unpaired) electrons. The fourth-order valence-corrected chi connectivity index (χ4v) is 6.05. The van der Waals surface area contributed by atoms with Crippen LogP contribution >= 0.6 is 0 Å². The zero-order valence-electron chi connectivity index (χ0n) is 20.1. The molecule has 33 heavy (non-hydrogen) atoms. The third-order valence-corrected chi connectivity index (χ3v) is 7.63. The van der Waals surface area contributed by atoms with Gasteiger partial charge in [-0.2, -0.15) is 0 Å². The molecular formula is C27H35N2O4-.